The van der Waals surface area contributed by atoms with Gasteiger partial charge < -0.3 is 10.1 Å². The molecule has 0 heterocycles. The second-order valence-corrected chi connectivity index (χ2v) is 5.85. The second kappa shape index (κ2) is 8.29. The Kier molecular flexibility index (Phi) is 6.13. The molecule has 2 rings (SSSR count). The minimum Gasteiger partial charge on any atom is -0.453 e. The topological polar surface area (TPSA) is 55.4 Å². The summed E-state index contributed by atoms with van der Waals surface area (Å²) in [4.78, 5) is 24.1. The van der Waals surface area contributed by atoms with Crippen LogP contribution in [0.5, 0.6) is 0 Å². The third-order valence-corrected chi connectivity index (χ3v) is 4.00. The summed E-state index contributed by atoms with van der Waals surface area (Å²) in [6.07, 6.45) is 0.0315. The molecule has 24 heavy (non-hydrogen) atoms. The number of carbonyl (C=O) groups is 2. The van der Waals surface area contributed by atoms with Crippen molar-refractivity contribution in [3.05, 3.63) is 65.2 Å². The second-order valence-electron chi connectivity index (χ2n) is 5.85. The van der Waals surface area contributed by atoms with Gasteiger partial charge in [0.25, 0.3) is 5.91 Å². The Bertz CT molecular complexity index is 710. The van der Waals surface area contributed by atoms with Crippen molar-refractivity contribution < 1.29 is 14.3 Å². The van der Waals surface area contributed by atoms with Crippen LogP contribution in [0, 0.1) is 13.8 Å². The SMILES string of the molecule is Cc1cccc(NC(=O)[C@@H](C)OC(=O)CCc2ccccc2)c1C. The highest BCUT2D eigenvalue weighted by Gasteiger charge is 2.18. The molecule has 0 saturated carbocycles. The molecule has 2 aromatic rings. The van der Waals surface area contributed by atoms with Gasteiger partial charge in [-0.15, -0.1) is 0 Å². The molecule has 2 aromatic carbocycles. The Morgan fingerprint density at radius 3 is 2.46 bits per heavy atom. The zero-order valence-electron chi connectivity index (χ0n) is 14.3. The Morgan fingerprint density at radius 1 is 1.04 bits per heavy atom. The van der Waals surface area contributed by atoms with E-state index in [1.165, 1.54) is 0 Å². The molecule has 1 N–H and O–H groups in total. The Hall–Kier alpha value is -2.62. The molecule has 0 radical (unpaired) electrons. The van der Waals surface area contributed by atoms with Crippen LogP contribution in [-0.2, 0) is 20.7 Å². The van der Waals surface area contributed by atoms with Crippen LogP contribution in [0.4, 0.5) is 5.69 Å². The molecule has 0 saturated heterocycles. The molecule has 0 aromatic heterocycles. The molecule has 0 unspecified atom stereocenters. The minimum atomic E-state index is -0.826. The maximum Gasteiger partial charge on any atom is 0.306 e. The van der Waals surface area contributed by atoms with Gasteiger partial charge in [-0.05, 0) is 49.9 Å². The average Bonchev–Trinajstić information content (AvgIpc) is 2.58. The summed E-state index contributed by atoms with van der Waals surface area (Å²) >= 11 is 0. The monoisotopic (exact) mass is 325 g/mol. The lowest BCUT2D eigenvalue weighted by atomic mass is 10.1. The number of amides is 1. The van der Waals surface area contributed by atoms with Crippen molar-refractivity contribution in [3.63, 3.8) is 0 Å². The number of ether oxygens (including phenoxy) is 1. The summed E-state index contributed by atoms with van der Waals surface area (Å²) in [5.74, 6) is -0.695. The fourth-order valence-electron chi connectivity index (χ4n) is 2.32. The van der Waals surface area contributed by atoms with Crippen molar-refractivity contribution in [3.8, 4) is 0 Å². The van der Waals surface area contributed by atoms with E-state index in [4.69, 9.17) is 4.74 Å². The highest BCUT2D eigenvalue weighted by atomic mass is 16.5. The summed E-state index contributed by atoms with van der Waals surface area (Å²) in [6, 6.07) is 15.4. The fraction of sp³-hybridized carbons (Fsp3) is 0.300. The number of hydrogen-bond acceptors (Lipinski definition) is 3. The maximum absolute atomic E-state index is 12.2. The van der Waals surface area contributed by atoms with Gasteiger partial charge in [0.2, 0.25) is 0 Å². The highest BCUT2D eigenvalue weighted by molar-refractivity contribution is 5.95. The first kappa shape index (κ1) is 17.7. The lowest BCUT2D eigenvalue weighted by Gasteiger charge is -2.15. The van der Waals surface area contributed by atoms with E-state index in [0.29, 0.717) is 6.42 Å². The molecule has 0 bridgehead atoms. The van der Waals surface area contributed by atoms with Crippen LogP contribution >= 0.6 is 0 Å². The average molecular weight is 325 g/mol. The molecule has 1 atom stereocenters. The lowest BCUT2D eigenvalue weighted by molar-refractivity contribution is -0.153. The van der Waals surface area contributed by atoms with Gasteiger partial charge in [-0.2, -0.15) is 0 Å². The van der Waals surface area contributed by atoms with Gasteiger partial charge in [0.05, 0.1) is 0 Å². The normalized spacial score (nSPS) is 11.6. The van der Waals surface area contributed by atoms with Crippen molar-refractivity contribution in [1.29, 1.82) is 0 Å². The van der Waals surface area contributed by atoms with Crippen molar-refractivity contribution in [2.75, 3.05) is 5.32 Å². The number of rotatable bonds is 6. The van der Waals surface area contributed by atoms with Crippen molar-refractivity contribution in [2.45, 2.75) is 39.7 Å². The van der Waals surface area contributed by atoms with Crippen molar-refractivity contribution in [2.24, 2.45) is 0 Å². The standard InChI is InChI=1S/C20H23NO3/c1-14-8-7-11-18(15(14)2)21-20(23)16(3)24-19(22)13-12-17-9-5-4-6-10-17/h4-11,16H,12-13H2,1-3H3,(H,21,23)/t16-/m1/s1. The van der Waals surface area contributed by atoms with Gasteiger partial charge in [-0.3, -0.25) is 9.59 Å². The van der Waals surface area contributed by atoms with Gasteiger partial charge in [-0.1, -0.05) is 42.5 Å². The molecular weight excluding hydrogens is 302 g/mol. The maximum atomic E-state index is 12.2. The van der Waals surface area contributed by atoms with E-state index < -0.39 is 6.10 Å². The van der Waals surface area contributed by atoms with Crippen LogP contribution in [0.3, 0.4) is 0 Å². The predicted octanol–water partition coefficient (Wildman–Crippen LogP) is 3.81. The molecule has 1 amide bonds. The van der Waals surface area contributed by atoms with Gasteiger partial charge in [0.1, 0.15) is 0 Å². The number of esters is 1. The number of aryl methyl sites for hydroxylation is 2. The molecule has 126 valence electrons. The summed E-state index contributed by atoms with van der Waals surface area (Å²) < 4.78 is 5.23. The van der Waals surface area contributed by atoms with Crippen LogP contribution in [0.25, 0.3) is 0 Å². The van der Waals surface area contributed by atoms with Crippen LogP contribution in [0.1, 0.15) is 30.0 Å². The largest absolute Gasteiger partial charge is 0.453 e. The Balaban J connectivity index is 1.84. The van der Waals surface area contributed by atoms with Crippen molar-refractivity contribution >= 4 is 17.6 Å². The molecule has 4 nitrogen and oxygen atoms in total. The smallest absolute Gasteiger partial charge is 0.306 e. The summed E-state index contributed by atoms with van der Waals surface area (Å²) in [5.41, 5.74) is 3.92. The molecule has 0 aliphatic carbocycles. The first-order chi connectivity index (χ1) is 11.5. The predicted molar refractivity (Wildman–Crippen MR) is 94.9 cm³/mol. The number of hydrogen-bond donors (Lipinski definition) is 1. The third-order valence-electron chi connectivity index (χ3n) is 4.00. The number of benzene rings is 2. The van der Waals surface area contributed by atoms with Crippen LogP contribution in [-0.4, -0.2) is 18.0 Å². The zero-order valence-corrected chi connectivity index (χ0v) is 14.3. The summed E-state index contributed by atoms with van der Waals surface area (Å²) in [6.45, 7) is 5.51. The molecule has 0 fully saturated rings. The van der Waals surface area contributed by atoms with E-state index in [-0.39, 0.29) is 18.3 Å². The van der Waals surface area contributed by atoms with Gasteiger partial charge in [-0.25, -0.2) is 0 Å². The fourth-order valence-corrected chi connectivity index (χ4v) is 2.32. The third kappa shape index (κ3) is 4.95. The first-order valence-corrected chi connectivity index (χ1v) is 8.08. The Morgan fingerprint density at radius 2 is 1.75 bits per heavy atom. The first-order valence-electron chi connectivity index (χ1n) is 8.08. The zero-order chi connectivity index (χ0) is 17.5. The number of carbonyl (C=O) groups excluding carboxylic acids is 2. The van der Waals surface area contributed by atoms with Crippen LogP contribution in [0.15, 0.2) is 48.5 Å². The van der Waals surface area contributed by atoms with E-state index in [1.807, 2.05) is 62.4 Å². The molecule has 0 aliphatic rings. The molecule has 4 heteroatoms. The highest BCUT2D eigenvalue weighted by Crippen LogP contribution is 2.18. The quantitative estimate of drug-likeness (QED) is 0.822. The number of nitrogens with one attached hydrogen (secondary N) is 1. The molecule has 0 aliphatic heterocycles. The number of anilines is 1. The Labute approximate surface area is 142 Å². The van der Waals surface area contributed by atoms with E-state index in [0.717, 1.165) is 22.4 Å². The lowest BCUT2D eigenvalue weighted by Crippen LogP contribution is -2.30. The summed E-state index contributed by atoms with van der Waals surface area (Å²) in [5, 5.41) is 2.81. The van der Waals surface area contributed by atoms with E-state index in [1.54, 1.807) is 6.92 Å². The van der Waals surface area contributed by atoms with Gasteiger partial charge in [0, 0.05) is 12.1 Å². The van der Waals surface area contributed by atoms with E-state index >= 15 is 0 Å². The van der Waals surface area contributed by atoms with Crippen LogP contribution in [0.2, 0.25) is 0 Å². The van der Waals surface area contributed by atoms with E-state index in [2.05, 4.69) is 5.32 Å². The molecule has 0 spiro atoms. The van der Waals surface area contributed by atoms with Crippen molar-refractivity contribution in [1.82, 2.24) is 0 Å². The molecular formula is C20H23NO3. The minimum absolute atomic E-state index is 0.255. The summed E-state index contributed by atoms with van der Waals surface area (Å²) in [7, 11) is 0. The van der Waals surface area contributed by atoms with Crippen LogP contribution < -0.4 is 5.32 Å². The van der Waals surface area contributed by atoms with E-state index in [9.17, 15) is 9.59 Å². The van der Waals surface area contributed by atoms with Gasteiger partial charge >= 0.3 is 5.97 Å². The van der Waals surface area contributed by atoms with Gasteiger partial charge in [0.15, 0.2) is 6.10 Å².